The molecule has 0 spiro atoms. The van der Waals surface area contributed by atoms with Crippen LogP contribution in [0.5, 0.6) is 5.75 Å². The normalized spacial score (nSPS) is 14.3. The summed E-state index contributed by atoms with van der Waals surface area (Å²) < 4.78 is 6.06. The van der Waals surface area contributed by atoms with Crippen molar-refractivity contribution >= 4 is 33.7 Å². The SMILES string of the molecule is CC(=O)Oc1cccc(C(=O)N2CCC(NC(=O)CCc3cccc(Br)c3)CC2)c1. The van der Waals surface area contributed by atoms with Crippen LogP contribution in [0, 0.1) is 0 Å². The zero-order valence-electron chi connectivity index (χ0n) is 16.9. The number of nitrogens with one attached hydrogen (secondary N) is 1. The number of amides is 2. The van der Waals surface area contributed by atoms with Gasteiger partial charge < -0.3 is 15.0 Å². The van der Waals surface area contributed by atoms with Crippen molar-refractivity contribution in [2.45, 2.75) is 38.6 Å². The summed E-state index contributed by atoms with van der Waals surface area (Å²) in [5, 5.41) is 3.09. The molecule has 2 amide bonds. The minimum absolute atomic E-state index is 0.0360. The Bertz CT molecular complexity index is 923. The summed E-state index contributed by atoms with van der Waals surface area (Å²) in [4.78, 5) is 37.9. The van der Waals surface area contributed by atoms with E-state index in [4.69, 9.17) is 4.74 Å². The van der Waals surface area contributed by atoms with Crippen LogP contribution in [0.15, 0.2) is 53.0 Å². The number of hydrogen-bond donors (Lipinski definition) is 1. The van der Waals surface area contributed by atoms with Crippen LogP contribution in [-0.2, 0) is 16.0 Å². The molecular weight excluding hydrogens is 448 g/mol. The average Bonchev–Trinajstić information content (AvgIpc) is 2.72. The molecule has 1 N–H and O–H groups in total. The summed E-state index contributed by atoms with van der Waals surface area (Å²) in [6.07, 6.45) is 2.58. The molecule has 0 bridgehead atoms. The molecule has 0 radical (unpaired) electrons. The molecule has 30 heavy (non-hydrogen) atoms. The van der Waals surface area contributed by atoms with E-state index in [0.29, 0.717) is 37.2 Å². The third-order valence-electron chi connectivity index (χ3n) is 5.02. The van der Waals surface area contributed by atoms with Crippen molar-refractivity contribution in [3.63, 3.8) is 0 Å². The van der Waals surface area contributed by atoms with Gasteiger partial charge in [-0.2, -0.15) is 0 Å². The van der Waals surface area contributed by atoms with Gasteiger partial charge in [-0.15, -0.1) is 0 Å². The average molecular weight is 473 g/mol. The first-order chi connectivity index (χ1) is 14.4. The molecule has 1 aliphatic rings. The second kappa shape index (κ2) is 10.4. The Kier molecular flexibility index (Phi) is 7.63. The van der Waals surface area contributed by atoms with E-state index in [1.165, 1.54) is 6.92 Å². The monoisotopic (exact) mass is 472 g/mol. The lowest BCUT2D eigenvalue weighted by molar-refractivity contribution is -0.131. The molecule has 0 saturated carbocycles. The molecule has 1 fully saturated rings. The van der Waals surface area contributed by atoms with Crippen molar-refractivity contribution in [2.75, 3.05) is 13.1 Å². The summed E-state index contributed by atoms with van der Waals surface area (Å²) in [5.41, 5.74) is 1.61. The Morgan fingerprint density at radius 1 is 1.10 bits per heavy atom. The van der Waals surface area contributed by atoms with Crippen molar-refractivity contribution in [3.8, 4) is 5.75 Å². The minimum atomic E-state index is -0.420. The number of hydrogen-bond acceptors (Lipinski definition) is 4. The molecule has 1 saturated heterocycles. The van der Waals surface area contributed by atoms with Gasteiger partial charge in [-0.05, 0) is 55.2 Å². The second-order valence-electron chi connectivity index (χ2n) is 7.39. The number of ether oxygens (including phenoxy) is 1. The van der Waals surface area contributed by atoms with Gasteiger partial charge in [0.05, 0.1) is 0 Å². The van der Waals surface area contributed by atoms with E-state index >= 15 is 0 Å². The number of likely N-dealkylation sites (tertiary alicyclic amines) is 1. The molecule has 7 heteroatoms. The summed E-state index contributed by atoms with van der Waals surface area (Å²) in [6.45, 7) is 2.48. The first-order valence-electron chi connectivity index (χ1n) is 10.0. The van der Waals surface area contributed by atoms with Gasteiger partial charge in [0.25, 0.3) is 5.91 Å². The summed E-state index contributed by atoms with van der Waals surface area (Å²) in [7, 11) is 0. The van der Waals surface area contributed by atoms with Gasteiger partial charge in [0.1, 0.15) is 5.75 Å². The Morgan fingerprint density at radius 3 is 2.53 bits per heavy atom. The van der Waals surface area contributed by atoms with Gasteiger partial charge in [-0.1, -0.05) is 34.1 Å². The number of piperidine rings is 1. The maximum absolute atomic E-state index is 12.7. The third kappa shape index (κ3) is 6.42. The minimum Gasteiger partial charge on any atom is -0.427 e. The van der Waals surface area contributed by atoms with Gasteiger partial charge in [-0.25, -0.2) is 0 Å². The van der Waals surface area contributed by atoms with Crippen LogP contribution < -0.4 is 10.1 Å². The molecule has 2 aromatic rings. The maximum Gasteiger partial charge on any atom is 0.308 e. The predicted octanol–water partition coefficient (Wildman–Crippen LogP) is 3.73. The number of carbonyl (C=O) groups is 3. The van der Waals surface area contributed by atoms with Crippen LogP contribution in [0.2, 0.25) is 0 Å². The van der Waals surface area contributed by atoms with E-state index < -0.39 is 5.97 Å². The maximum atomic E-state index is 12.7. The Morgan fingerprint density at radius 2 is 1.83 bits per heavy atom. The molecule has 2 aromatic carbocycles. The van der Waals surface area contributed by atoms with Crippen LogP contribution in [0.25, 0.3) is 0 Å². The number of halogens is 1. The Balaban J connectivity index is 1.45. The summed E-state index contributed by atoms with van der Waals surface area (Å²) >= 11 is 3.44. The fourth-order valence-electron chi connectivity index (χ4n) is 3.52. The van der Waals surface area contributed by atoms with Crippen LogP contribution in [0.4, 0.5) is 0 Å². The summed E-state index contributed by atoms with van der Waals surface area (Å²) in [6, 6.07) is 14.7. The fraction of sp³-hybridized carbons (Fsp3) is 0.348. The molecule has 3 rings (SSSR count). The molecule has 0 aromatic heterocycles. The number of carbonyl (C=O) groups excluding carboxylic acids is 3. The topological polar surface area (TPSA) is 75.7 Å². The van der Waals surface area contributed by atoms with E-state index in [-0.39, 0.29) is 17.9 Å². The first kappa shape index (κ1) is 22.0. The standard InChI is InChI=1S/C23H25BrN2O4/c1-16(27)30-21-7-3-5-18(15-21)23(29)26-12-10-20(11-13-26)25-22(28)9-8-17-4-2-6-19(24)14-17/h2-7,14-15,20H,8-13H2,1H3,(H,25,28). The van der Waals surface area contributed by atoms with Crippen molar-refractivity contribution < 1.29 is 19.1 Å². The largest absolute Gasteiger partial charge is 0.427 e. The van der Waals surface area contributed by atoms with E-state index in [0.717, 1.165) is 22.9 Å². The molecular formula is C23H25BrN2O4. The van der Waals surface area contributed by atoms with E-state index in [1.54, 1.807) is 29.2 Å². The lowest BCUT2D eigenvalue weighted by Crippen LogP contribution is -2.46. The van der Waals surface area contributed by atoms with Crippen LogP contribution in [0.1, 0.15) is 42.1 Å². The first-order valence-corrected chi connectivity index (χ1v) is 10.8. The van der Waals surface area contributed by atoms with Crippen LogP contribution >= 0.6 is 15.9 Å². The molecule has 158 valence electrons. The van der Waals surface area contributed by atoms with Crippen molar-refractivity contribution in [3.05, 3.63) is 64.1 Å². The van der Waals surface area contributed by atoms with Crippen molar-refractivity contribution in [2.24, 2.45) is 0 Å². The zero-order chi connectivity index (χ0) is 21.5. The number of rotatable bonds is 6. The highest BCUT2D eigenvalue weighted by atomic mass is 79.9. The lowest BCUT2D eigenvalue weighted by Gasteiger charge is -2.32. The Hall–Kier alpha value is -2.67. The fourth-order valence-corrected chi connectivity index (χ4v) is 3.96. The number of benzene rings is 2. The molecule has 0 aliphatic carbocycles. The van der Waals surface area contributed by atoms with Crippen LogP contribution in [0.3, 0.4) is 0 Å². The quantitative estimate of drug-likeness (QED) is 0.513. The second-order valence-corrected chi connectivity index (χ2v) is 8.30. The zero-order valence-corrected chi connectivity index (χ0v) is 18.5. The number of aryl methyl sites for hydroxylation is 1. The molecule has 6 nitrogen and oxygen atoms in total. The number of nitrogens with zero attached hydrogens (tertiary/aromatic N) is 1. The van der Waals surface area contributed by atoms with Crippen molar-refractivity contribution in [1.82, 2.24) is 10.2 Å². The highest BCUT2D eigenvalue weighted by Crippen LogP contribution is 2.19. The van der Waals surface area contributed by atoms with Crippen molar-refractivity contribution in [1.29, 1.82) is 0 Å². The smallest absolute Gasteiger partial charge is 0.308 e. The third-order valence-corrected chi connectivity index (χ3v) is 5.51. The molecule has 0 unspecified atom stereocenters. The highest BCUT2D eigenvalue weighted by Gasteiger charge is 2.24. The lowest BCUT2D eigenvalue weighted by atomic mass is 10.0. The molecule has 1 heterocycles. The molecule has 1 aliphatic heterocycles. The van der Waals surface area contributed by atoms with Gasteiger partial charge in [-0.3, -0.25) is 14.4 Å². The van der Waals surface area contributed by atoms with Gasteiger partial charge >= 0.3 is 5.97 Å². The van der Waals surface area contributed by atoms with E-state index in [1.807, 2.05) is 24.3 Å². The summed E-state index contributed by atoms with van der Waals surface area (Å²) in [5.74, 6) is -0.116. The highest BCUT2D eigenvalue weighted by molar-refractivity contribution is 9.10. The van der Waals surface area contributed by atoms with Gasteiger partial charge in [0.15, 0.2) is 0 Å². The molecule has 0 atom stereocenters. The van der Waals surface area contributed by atoms with Crippen LogP contribution in [-0.4, -0.2) is 41.8 Å². The van der Waals surface area contributed by atoms with Gasteiger partial charge in [0, 0.05) is 42.5 Å². The Labute approximate surface area is 184 Å². The predicted molar refractivity (Wildman–Crippen MR) is 117 cm³/mol. The van der Waals surface area contributed by atoms with E-state index in [9.17, 15) is 14.4 Å². The number of esters is 1. The van der Waals surface area contributed by atoms with Gasteiger partial charge in [0.2, 0.25) is 5.91 Å². The van der Waals surface area contributed by atoms with E-state index in [2.05, 4.69) is 21.2 Å².